The first-order valence-electron chi connectivity index (χ1n) is 11.2. The van der Waals surface area contributed by atoms with Crippen molar-refractivity contribution in [1.29, 1.82) is 0 Å². The Bertz CT molecular complexity index is 1120. The summed E-state index contributed by atoms with van der Waals surface area (Å²) >= 11 is 0. The van der Waals surface area contributed by atoms with Crippen LogP contribution in [0, 0.1) is 0 Å². The minimum Gasteiger partial charge on any atom is -0.497 e. The number of benzene rings is 1. The summed E-state index contributed by atoms with van der Waals surface area (Å²) in [7, 11) is 3.18. The number of urea groups is 1. The van der Waals surface area contributed by atoms with Gasteiger partial charge in [-0.1, -0.05) is 0 Å². The van der Waals surface area contributed by atoms with E-state index in [0.29, 0.717) is 40.8 Å². The number of unbranched alkanes of at least 4 members (excludes halogenated alkanes) is 1. The summed E-state index contributed by atoms with van der Waals surface area (Å²) in [4.78, 5) is 22.0. The van der Waals surface area contributed by atoms with Gasteiger partial charge in [-0.05, 0) is 57.4 Å². The van der Waals surface area contributed by atoms with E-state index in [1.807, 2.05) is 45.0 Å². The standard InChI is InChI=1S/C25H33N5O4/c1-25(2,3)30-24(32)29-23-20(16-10-18(33-4)13-19(11-16)34-5)12-17-15-27-22(14-21(17)28-23)26-8-6-7-9-31/h10-15,31H,6-9H2,1-5H3,(H,26,27)(H2,28,29,30,32). The number of hydrogen-bond acceptors (Lipinski definition) is 7. The van der Waals surface area contributed by atoms with Crippen LogP contribution in [-0.2, 0) is 0 Å². The highest BCUT2D eigenvalue weighted by molar-refractivity contribution is 5.97. The van der Waals surface area contributed by atoms with Crippen LogP contribution in [0.1, 0.15) is 33.6 Å². The van der Waals surface area contributed by atoms with Gasteiger partial charge in [0.2, 0.25) is 0 Å². The molecule has 34 heavy (non-hydrogen) atoms. The molecule has 0 saturated carbocycles. The van der Waals surface area contributed by atoms with E-state index >= 15 is 0 Å². The van der Waals surface area contributed by atoms with Gasteiger partial charge in [-0.15, -0.1) is 0 Å². The quantitative estimate of drug-likeness (QED) is 0.344. The second-order valence-corrected chi connectivity index (χ2v) is 8.93. The summed E-state index contributed by atoms with van der Waals surface area (Å²) in [6.45, 7) is 6.59. The summed E-state index contributed by atoms with van der Waals surface area (Å²) in [6.07, 6.45) is 3.31. The normalized spacial score (nSPS) is 11.2. The summed E-state index contributed by atoms with van der Waals surface area (Å²) in [5.41, 5.74) is 1.77. The molecular weight excluding hydrogens is 434 g/mol. The number of hydrogen-bond donors (Lipinski definition) is 4. The molecule has 2 heterocycles. The first-order valence-corrected chi connectivity index (χ1v) is 11.2. The molecule has 0 saturated heterocycles. The Labute approximate surface area is 199 Å². The fraction of sp³-hybridized carbons (Fsp3) is 0.400. The molecule has 1 aromatic carbocycles. The molecule has 0 unspecified atom stereocenters. The fourth-order valence-corrected chi connectivity index (χ4v) is 3.38. The van der Waals surface area contributed by atoms with E-state index in [0.717, 1.165) is 23.8 Å². The van der Waals surface area contributed by atoms with Crippen molar-refractivity contribution >= 4 is 28.6 Å². The summed E-state index contributed by atoms with van der Waals surface area (Å²) in [5, 5.41) is 18.8. The summed E-state index contributed by atoms with van der Waals surface area (Å²) in [5.74, 6) is 2.33. The first-order chi connectivity index (χ1) is 16.2. The Kier molecular flexibility index (Phi) is 8.12. The molecule has 0 aliphatic heterocycles. The number of aliphatic hydroxyl groups excluding tert-OH is 1. The molecule has 3 aromatic rings. The highest BCUT2D eigenvalue weighted by Crippen LogP contribution is 2.35. The van der Waals surface area contributed by atoms with Gasteiger partial charge in [-0.3, -0.25) is 5.32 Å². The lowest BCUT2D eigenvalue weighted by molar-refractivity contribution is 0.243. The second kappa shape index (κ2) is 11.0. The smallest absolute Gasteiger partial charge is 0.320 e. The van der Waals surface area contributed by atoms with Gasteiger partial charge in [0.1, 0.15) is 23.1 Å². The number of carbonyl (C=O) groups is 1. The highest BCUT2D eigenvalue weighted by atomic mass is 16.5. The van der Waals surface area contributed by atoms with Crippen LogP contribution in [0.4, 0.5) is 16.4 Å². The predicted molar refractivity (Wildman–Crippen MR) is 135 cm³/mol. The molecule has 0 bridgehead atoms. The van der Waals surface area contributed by atoms with Gasteiger partial charge in [0.25, 0.3) is 0 Å². The molecule has 2 aromatic heterocycles. The van der Waals surface area contributed by atoms with Crippen molar-refractivity contribution < 1.29 is 19.4 Å². The number of methoxy groups -OCH3 is 2. The second-order valence-electron chi connectivity index (χ2n) is 8.93. The van der Waals surface area contributed by atoms with E-state index in [-0.39, 0.29) is 12.6 Å². The number of aliphatic hydroxyl groups is 1. The number of anilines is 2. The largest absolute Gasteiger partial charge is 0.497 e. The van der Waals surface area contributed by atoms with Crippen molar-refractivity contribution in [3.8, 4) is 22.6 Å². The van der Waals surface area contributed by atoms with Crippen LogP contribution in [0.15, 0.2) is 36.5 Å². The molecular formula is C25H33N5O4. The number of fused-ring (bicyclic) bond motifs is 1. The third-order valence-electron chi connectivity index (χ3n) is 4.97. The molecule has 182 valence electrons. The number of pyridine rings is 2. The maximum absolute atomic E-state index is 12.7. The van der Waals surface area contributed by atoms with Crippen molar-refractivity contribution in [2.24, 2.45) is 0 Å². The third-order valence-corrected chi connectivity index (χ3v) is 4.97. The first kappa shape index (κ1) is 25.0. The van der Waals surface area contributed by atoms with Crippen LogP contribution < -0.4 is 25.4 Å². The number of amides is 2. The van der Waals surface area contributed by atoms with Gasteiger partial charge in [0.15, 0.2) is 0 Å². The number of ether oxygens (including phenoxy) is 2. The fourth-order valence-electron chi connectivity index (χ4n) is 3.38. The number of carbonyl (C=O) groups excluding carboxylic acids is 1. The molecule has 2 amide bonds. The maximum Gasteiger partial charge on any atom is 0.320 e. The lowest BCUT2D eigenvalue weighted by atomic mass is 10.0. The van der Waals surface area contributed by atoms with Crippen molar-refractivity contribution in [2.75, 3.05) is 38.0 Å². The molecule has 9 heteroatoms. The molecule has 0 fully saturated rings. The summed E-state index contributed by atoms with van der Waals surface area (Å²) < 4.78 is 10.9. The predicted octanol–water partition coefficient (Wildman–Crippen LogP) is 4.42. The number of aromatic nitrogens is 2. The Morgan fingerprint density at radius 1 is 1.03 bits per heavy atom. The van der Waals surface area contributed by atoms with Gasteiger partial charge in [-0.2, -0.15) is 0 Å². The summed E-state index contributed by atoms with van der Waals surface area (Å²) in [6, 6.07) is 8.94. The van der Waals surface area contributed by atoms with Crippen molar-refractivity contribution in [3.05, 3.63) is 36.5 Å². The van der Waals surface area contributed by atoms with Crippen LogP contribution >= 0.6 is 0 Å². The number of nitrogens with one attached hydrogen (secondary N) is 3. The van der Waals surface area contributed by atoms with Crippen molar-refractivity contribution in [3.63, 3.8) is 0 Å². The van der Waals surface area contributed by atoms with Crippen molar-refractivity contribution in [2.45, 2.75) is 39.2 Å². The lowest BCUT2D eigenvalue weighted by Gasteiger charge is -2.21. The number of rotatable bonds is 9. The van der Waals surface area contributed by atoms with Gasteiger partial charge in [-0.25, -0.2) is 14.8 Å². The third kappa shape index (κ3) is 6.71. The molecule has 0 radical (unpaired) electrons. The maximum atomic E-state index is 12.7. The zero-order chi connectivity index (χ0) is 24.7. The van der Waals surface area contributed by atoms with Gasteiger partial charge in [0.05, 0.1) is 19.7 Å². The average Bonchev–Trinajstić information content (AvgIpc) is 2.79. The van der Waals surface area contributed by atoms with Gasteiger partial charge >= 0.3 is 6.03 Å². The molecule has 0 aliphatic carbocycles. The molecule has 0 atom stereocenters. The van der Waals surface area contributed by atoms with Crippen LogP contribution in [0.3, 0.4) is 0 Å². The van der Waals surface area contributed by atoms with Crippen molar-refractivity contribution in [1.82, 2.24) is 15.3 Å². The Morgan fingerprint density at radius 3 is 2.35 bits per heavy atom. The van der Waals surface area contributed by atoms with Crippen LogP contribution in [-0.4, -0.2) is 54.0 Å². The Hall–Kier alpha value is -3.59. The SMILES string of the molecule is COc1cc(OC)cc(-c2cc3cnc(NCCCCO)cc3nc2NC(=O)NC(C)(C)C)c1. The highest BCUT2D eigenvalue weighted by Gasteiger charge is 2.18. The van der Waals surface area contributed by atoms with Gasteiger partial charge < -0.3 is 25.2 Å². The minimum absolute atomic E-state index is 0.165. The molecule has 4 N–H and O–H groups in total. The molecule has 0 aliphatic rings. The van der Waals surface area contributed by atoms with Gasteiger partial charge in [0, 0.05) is 48.0 Å². The van der Waals surface area contributed by atoms with E-state index in [9.17, 15) is 4.79 Å². The van der Waals surface area contributed by atoms with Crippen LogP contribution in [0.5, 0.6) is 11.5 Å². The zero-order valence-corrected chi connectivity index (χ0v) is 20.4. The molecule has 3 rings (SSSR count). The Balaban J connectivity index is 2.05. The lowest BCUT2D eigenvalue weighted by Crippen LogP contribution is -2.43. The van der Waals surface area contributed by atoms with E-state index in [2.05, 4.69) is 20.9 Å². The number of nitrogens with zero attached hydrogens (tertiary/aromatic N) is 2. The average molecular weight is 468 g/mol. The topological polar surface area (TPSA) is 118 Å². The Morgan fingerprint density at radius 2 is 1.74 bits per heavy atom. The zero-order valence-electron chi connectivity index (χ0n) is 20.4. The van der Waals surface area contributed by atoms with Crippen LogP contribution in [0.25, 0.3) is 22.0 Å². The van der Waals surface area contributed by atoms with Crippen LogP contribution in [0.2, 0.25) is 0 Å². The monoisotopic (exact) mass is 467 g/mol. The van der Waals surface area contributed by atoms with E-state index in [1.54, 1.807) is 26.5 Å². The molecule has 9 nitrogen and oxygen atoms in total. The van der Waals surface area contributed by atoms with E-state index < -0.39 is 5.54 Å². The molecule has 0 spiro atoms. The van der Waals surface area contributed by atoms with E-state index in [4.69, 9.17) is 19.6 Å². The van der Waals surface area contributed by atoms with E-state index in [1.165, 1.54) is 0 Å². The minimum atomic E-state index is -0.407.